The van der Waals surface area contributed by atoms with Crippen molar-refractivity contribution in [2.24, 2.45) is 4.99 Å². The summed E-state index contributed by atoms with van der Waals surface area (Å²) >= 11 is 1.31. The number of carbonyl (C=O) groups is 1. The summed E-state index contributed by atoms with van der Waals surface area (Å²) in [7, 11) is -1.70. The van der Waals surface area contributed by atoms with Crippen molar-refractivity contribution < 1.29 is 17.9 Å². The number of hydrogen-bond acceptors (Lipinski definition) is 5. The van der Waals surface area contributed by atoms with E-state index < -0.39 is 9.84 Å². The van der Waals surface area contributed by atoms with Gasteiger partial charge in [0.2, 0.25) is 0 Å². The van der Waals surface area contributed by atoms with Crippen LogP contribution in [0.5, 0.6) is 0 Å². The topological polar surface area (TPSA) is 77.7 Å². The first kappa shape index (κ1) is 21.4. The van der Waals surface area contributed by atoms with Gasteiger partial charge in [-0.1, -0.05) is 35.1 Å². The molecule has 0 aliphatic heterocycles. The van der Waals surface area contributed by atoms with Gasteiger partial charge in [-0.3, -0.25) is 4.79 Å². The Morgan fingerprint density at radius 3 is 2.62 bits per heavy atom. The molecule has 0 saturated heterocycles. The lowest BCUT2D eigenvalue weighted by molar-refractivity contribution is -0.117. The lowest BCUT2D eigenvalue weighted by Crippen LogP contribution is -2.20. The maximum absolute atomic E-state index is 12.7. The molecule has 8 heteroatoms. The highest BCUT2D eigenvalue weighted by Gasteiger charge is 2.13. The first-order chi connectivity index (χ1) is 13.7. The molecular formula is C21H24N2O4S2. The zero-order valence-electron chi connectivity index (χ0n) is 16.9. The average Bonchev–Trinajstić information content (AvgIpc) is 2.98. The van der Waals surface area contributed by atoms with Gasteiger partial charge < -0.3 is 9.30 Å². The van der Waals surface area contributed by atoms with Crippen LogP contribution in [0.1, 0.15) is 16.7 Å². The summed E-state index contributed by atoms with van der Waals surface area (Å²) < 4.78 is 31.6. The maximum atomic E-state index is 12.7. The number of thiazole rings is 1. The van der Waals surface area contributed by atoms with E-state index >= 15 is 0 Å². The summed E-state index contributed by atoms with van der Waals surface area (Å²) in [6.07, 6.45) is 1.40. The fourth-order valence-corrected chi connectivity index (χ4v) is 4.90. The average molecular weight is 433 g/mol. The first-order valence-corrected chi connectivity index (χ1v) is 11.9. The van der Waals surface area contributed by atoms with Crippen molar-refractivity contribution in [1.82, 2.24) is 4.57 Å². The van der Waals surface area contributed by atoms with E-state index in [2.05, 4.69) is 4.99 Å². The van der Waals surface area contributed by atoms with E-state index in [0.29, 0.717) is 18.0 Å². The van der Waals surface area contributed by atoms with Crippen LogP contribution >= 0.6 is 11.3 Å². The lowest BCUT2D eigenvalue weighted by atomic mass is 10.0. The Kier molecular flexibility index (Phi) is 6.36. The number of sulfone groups is 1. The van der Waals surface area contributed by atoms with Crippen LogP contribution in [0.25, 0.3) is 10.2 Å². The van der Waals surface area contributed by atoms with Crippen molar-refractivity contribution in [2.75, 3.05) is 20.0 Å². The molecular weight excluding hydrogens is 408 g/mol. The third kappa shape index (κ3) is 5.01. The van der Waals surface area contributed by atoms with Gasteiger partial charge >= 0.3 is 0 Å². The van der Waals surface area contributed by atoms with E-state index in [1.807, 2.05) is 36.6 Å². The van der Waals surface area contributed by atoms with Crippen LogP contribution in [-0.4, -0.2) is 38.9 Å². The van der Waals surface area contributed by atoms with Crippen molar-refractivity contribution in [3.05, 3.63) is 57.9 Å². The molecule has 0 radical (unpaired) electrons. The number of aromatic nitrogens is 1. The van der Waals surface area contributed by atoms with E-state index in [9.17, 15) is 13.2 Å². The highest BCUT2D eigenvalue weighted by Crippen LogP contribution is 2.22. The normalized spacial score (nSPS) is 12.6. The van der Waals surface area contributed by atoms with Crippen LogP contribution in [0.15, 0.2) is 46.3 Å². The molecule has 0 saturated carbocycles. The summed E-state index contributed by atoms with van der Waals surface area (Å²) in [6.45, 7) is 4.95. The fourth-order valence-electron chi connectivity index (χ4n) is 3.07. The minimum absolute atomic E-state index is 0.223. The molecule has 2 aromatic carbocycles. The standard InChI is InChI=1S/C21H24N2O4S2/c1-14-5-6-15(2)16(11-14)12-20(24)22-21-23(9-10-27-3)18-8-7-17(29(4,25)26)13-19(18)28-21/h5-8,11,13H,9-10,12H2,1-4H3. The van der Waals surface area contributed by atoms with E-state index in [1.165, 1.54) is 17.6 Å². The van der Waals surface area contributed by atoms with Gasteiger partial charge in [0.1, 0.15) is 0 Å². The van der Waals surface area contributed by atoms with Crippen LogP contribution in [-0.2, 0) is 32.3 Å². The summed E-state index contributed by atoms with van der Waals surface area (Å²) in [5.41, 5.74) is 3.95. The smallest absolute Gasteiger partial charge is 0.252 e. The number of aryl methyl sites for hydroxylation is 2. The van der Waals surface area contributed by atoms with Crippen LogP contribution in [0.3, 0.4) is 0 Å². The molecule has 3 rings (SSSR count). The van der Waals surface area contributed by atoms with Crippen molar-refractivity contribution in [2.45, 2.75) is 31.7 Å². The number of methoxy groups -OCH3 is 1. The first-order valence-electron chi connectivity index (χ1n) is 9.15. The molecule has 0 fully saturated rings. The Hall–Kier alpha value is -2.29. The summed E-state index contributed by atoms with van der Waals surface area (Å²) in [5, 5.41) is 0. The van der Waals surface area contributed by atoms with Gasteiger partial charge in [-0.05, 0) is 43.2 Å². The van der Waals surface area contributed by atoms with E-state index in [0.717, 1.165) is 26.9 Å². The number of carbonyl (C=O) groups excluding carboxylic acids is 1. The second kappa shape index (κ2) is 8.61. The summed E-state index contributed by atoms with van der Waals surface area (Å²) in [5.74, 6) is -0.236. The minimum Gasteiger partial charge on any atom is -0.383 e. The van der Waals surface area contributed by atoms with Gasteiger partial charge in [-0.15, -0.1) is 0 Å². The maximum Gasteiger partial charge on any atom is 0.252 e. The van der Waals surface area contributed by atoms with Gasteiger partial charge in [0, 0.05) is 19.9 Å². The quantitative estimate of drug-likeness (QED) is 0.600. The highest BCUT2D eigenvalue weighted by molar-refractivity contribution is 7.90. The number of rotatable bonds is 6. The van der Waals surface area contributed by atoms with E-state index in [1.54, 1.807) is 25.3 Å². The zero-order valence-corrected chi connectivity index (χ0v) is 18.6. The predicted molar refractivity (Wildman–Crippen MR) is 115 cm³/mol. The Morgan fingerprint density at radius 2 is 1.93 bits per heavy atom. The lowest BCUT2D eigenvalue weighted by Gasteiger charge is -2.06. The third-order valence-electron chi connectivity index (χ3n) is 4.67. The number of ether oxygens (including phenoxy) is 1. The largest absolute Gasteiger partial charge is 0.383 e. The predicted octanol–water partition coefficient (Wildman–Crippen LogP) is 3.04. The summed E-state index contributed by atoms with van der Waals surface area (Å²) in [4.78, 5) is 17.8. The van der Waals surface area contributed by atoms with Crippen LogP contribution in [0.2, 0.25) is 0 Å². The molecule has 0 aliphatic rings. The molecule has 0 aliphatic carbocycles. The van der Waals surface area contributed by atoms with Gasteiger partial charge in [-0.2, -0.15) is 4.99 Å². The molecule has 1 amide bonds. The van der Waals surface area contributed by atoms with Gasteiger partial charge in [0.25, 0.3) is 5.91 Å². The van der Waals surface area contributed by atoms with Crippen molar-refractivity contribution in [1.29, 1.82) is 0 Å². The minimum atomic E-state index is -3.31. The molecule has 0 bridgehead atoms. The van der Waals surface area contributed by atoms with Crippen molar-refractivity contribution in [3.8, 4) is 0 Å². The Morgan fingerprint density at radius 1 is 1.17 bits per heavy atom. The van der Waals surface area contributed by atoms with Crippen molar-refractivity contribution >= 4 is 37.3 Å². The van der Waals surface area contributed by atoms with Crippen molar-refractivity contribution in [3.63, 3.8) is 0 Å². The molecule has 0 atom stereocenters. The molecule has 0 N–H and O–H groups in total. The number of amides is 1. The number of benzene rings is 2. The molecule has 1 heterocycles. The Balaban J connectivity index is 2.05. The van der Waals surface area contributed by atoms with E-state index in [4.69, 9.17) is 4.74 Å². The molecule has 0 unspecified atom stereocenters. The van der Waals surface area contributed by atoms with Gasteiger partial charge in [0.15, 0.2) is 14.6 Å². The molecule has 6 nitrogen and oxygen atoms in total. The number of hydrogen-bond donors (Lipinski definition) is 0. The second-order valence-electron chi connectivity index (χ2n) is 7.04. The number of fused-ring (bicyclic) bond motifs is 1. The highest BCUT2D eigenvalue weighted by atomic mass is 32.2. The monoisotopic (exact) mass is 432 g/mol. The summed E-state index contributed by atoms with van der Waals surface area (Å²) in [6, 6.07) is 11.0. The number of nitrogens with zero attached hydrogens (tertiary/aromatic N) is 2. The molecule has 3 aromatic rings. The van der Waals surface area contributed by atoms with E-state index in [-0.39, 0.29) is 17.2 Å². The third-order valence-corrected chi connectivity index (χ3v) is 6.82. The van der Waals surface area contributed by atoms with Crippen LogP contribution in [0, 0.1) is 13.8 Å². The van der Waals surface area contributed by atoms with Crippen LogP contribution < -0.4 is 4.80 Å². The van der Waals surface area contributed by atoms with Crippen LogP contribution in [0.4, 0.5) is 0 Å². The fraction of sp³-hybridized carbons (Fsp3) is 0.333. The molecule has 0 spiro atoms. The molecule has 29 heavy (non-hydrogen) atoms. The molecule has 154 valence electrons. The van der Waals surface area contributed by atoms with Gasteiger partial charge in [0.05, 0.1) is 28.1 Å². The Labute approximate surface area is 174 Å². The molecule has 1 aromatic heterocycles. The SMILES string of the molecule is COCCn1c(=NC(=O)Cc2cc(C)ccc2C)sc2cc(S(C)(=O)=O)ccc21. The second-order valence-corrected chi connectivity index (χ2v) is 10.1. The Bertz CT molecular complexity index is 1240. The van der Waals surface area contributed by atoms with Gasteiger partial charge in [-0.25, -0.2) is 8.42 Å². The zero-order chi connectivity index (χ0) is 21.2.